The second-order valence-corrected chi connectivity index (χ2v) is 3.46. The molecule has 1 aliphatic rings. The summed E-state index contributed by atoms with van der Waals surface area (Å²) in [5.41, 5.74) is 0. The molecule has 0 N–H and O–H groups in total. The molecule has 0 bridgehead atoms. The third-order valence-corrected chi connectivity index (χ3v) is 2.49. The Kier molecular flexibility index (Phi) is 3.74. The Balaban J connectivity index is 2.53. The molecule has 13 heavy (non-hydrogen) atoms. The van der Waals surface area contributed by atoms with Gasteiger partial charge in [0.05, 0.1) is 6.61 Å². The molecule has 1 aliphatic heterocycles. The zero-order valence-electron chi connectivity index (χ0n) is 7.87. The minimum Gasteiger partial charge on any atom is -0.465 e. The van der Waals surface area contributed by atoms with Gasteiger partial charge in [-0.05, 0) is 18.8 Å². The lowest BCUT2D eigenvalue weighted by Gasteiger charge is -2.29. The third kappa shape index (κ3) is 2.72. The van der Waals surface area contributed by atoms with Gasteiger partial charge in [-0.2, -0.15) is 0 Å². The summed E-state index contributed by atoms with van der Waals surface area (Å²) >= 11 is 0. The molecule has 0 amide bonds. The molecule has 0 radical (unpaired) electrons. The fourth-order valence-corrected chi connectivity index (χ4v) is 1.74. The molecule has 72 valence electrons. The molecule has 1 rings (SSSR count). The van der Waals surface area contributed by atoms with E-state index in [-0.39, 0.29) is 5.97 Å². The average molecular weight is 180 g/mol. The Morgan fingerprint density at radius 2 is 1.92 bits per heavy atom. The van der Waals surface area contributed by atoms with Crippen LogP contribution in [0.1, 0.15) is 19.3 Å². The summed E-state index contributed by atoms with van der Waals surface area (Å²) in [5, 5.41) is 0. The SMILES string of the molecule is C=CC[C@H]1COC(=O)C[C@@H]1CC=C. The lowest BCUT2D eigenvalue weighted by atomic mass is 9.83. The molecule has 0 unspecified atom stereocenters. The van der Waals surface area contributed by atoms with Crippen LogP contribution in [0.15, 0.2) is 25.3 Å². The van der Waals surface area contributed by atoms with Crippen LogP contribution in [0.5, 0.6) is 0 Å². The normalized spacial score (nSPS) is 27.8. The van der Waals surface area contributed by atoms with Gasteiger partial charge in [-0.25, -0.2) is 0 Å². The zero-order chi connectivity index (χ0) is 9.68. The van der Waals surface area contributed by atoms with Crippen molar-refractivity contribution >= 4 is 5.97 Å². The average Bonchev–Trinajstić information content (AvgIpc) is 2.10. The van der Waals surface area contributed by atoms with Crippen LogP contribution < -0.4 is 0 Å². The topological polar surface area (TPSA) is 26.3 Å². The van der Waals surface area contributed by atoms with Gasteiger partial charge in [0.15, 0.2) is 0 Å². The highest BCUT2D eigenvalue weighted by Gasteiger charge is 2.28. The summed E-state index contributed by atoms with van der Waals surface area (Å²) in [6, 6.07) is 0. The highest BCUT2D eigenvalue weighted by molar-refractivity contribution is 5.70. The van der Waals surface area contributed by atoms with Crippen LogP contribution in [0.2, 0.25) is 0 Å². The minimum absolute atomic E-state index is 0.0767. The summed E-state index contributed by atoms with van der Waals surface area (Å²) in [6.45, 7) is 7.94. The lowest BCUT2D eigenvalue weighted by molar-refractivity contribution is -0.152. The standard InChI is InChI=1S/C11H16O2/c1-3-5-9-7-11(12)13-8-10(9)6-4-2/h3-4,9-10H,1-2,5-8H2/t9-,10-/m0/s1. The fraction of sp³-hybridized carbons (Fsp3) is 0.545. The number of allylic oxidation sites excluding steroid dienone is 2. The van der Waals surface area contributed by atoms with Gasteiger partial charge in [0, 0.05) is 12.3 Å². The van der Waals surface area contributed by atoms with Crippen LogP contribution in [0.4, 0.5) is 0 Å². The number of carbonyl (C=O) groups excluding carboxylic acids is 1. The number of hydrogen-bond acceptors (Lipinski definition) is 2. The molecule has 1 saturated heterocycles. The first kappa shape index (κ1) is 10.0. The molecule has 0 aromatic heterocycles. The van der Waals surface area contributed by atoms with Crippen LogP contribution in [-0.4, -0.2) is 12.6 Å². The highest BCUT2D eigenvalue weighted by atomic mass is 16.5. The first-order chi connectivity index (χ1) is 6.27. The first-order valence-electron chi connectivity index (χ1n) is 4.65. The van der Waals surface area contributed by atoms with Crippen molar-refractivity contribution in [2.24, 2.45) is 11.8 Å². The Morgan fingerprint density at radius 1 is 1.31 bits per heavy atom. The fourth-order valence-electron chi connectivity index (χ4n) is 1.74. The Hall–Kier alpha value is -1.05. The molecular formula is C11H16O2. The van der Waals surface area contributed by atoms with E-state index in [0.717, 1.165) is 12.8 Å². The Bertz CT molecular complexity index is 208. The van der Waals surface area contributed by atoms with Crippen molar-refractivity contribution in [1.82, 2.24) is 0 Å². The van der Waals surface area contributed by atoms with Gasteiger partial charge in [-0.3, -0.25) is 4.79 Å². The molecule has 2 atom stereocenters. The van der Waals surface area contributed by atoms with E-state index in [4.69, 9.17) is 4.74 Å². The van der Waals surface area contributed by atoms with E-state index in [9.17, 15) is 4.79 Å². The van der Waals surface area contributed by atoms with Crippen LogP contribution in [-0.2, 0) is 9.53 Å². The van der Waals surface area contributed by atoms with E-state index in [1.807, 2.05) is 12.2 Å². The van der Waals surface area contributed by atoms with Crippen LogP contribution in [0, 0.1) is 11.8 Å². The van der Waals surface area contributed by atoms with E-state index in [2.05, 4.69) is 13.2 Å². The number of ether oxygens (including phenoxy) is 1. The molecule has 2 nitrogen and oxygen atoms in total. The summed E-state index contributed by atoms with van der Waals surface area (Å²) in [7, 11) is 0. The molecule has 2 heteroatoms. The Morgan fingerprint density at radius 3 is 2.54 bits per heavy atom. The second kappa shape index (κ2) is 4.85. The number of rotatable bonds is 4. The second-order valence-electron chi connectivity index (χ2n) is 3.46. The summed E-state index contributed by atoms with van der Waals surface area (Å²) < 4.78 is 5.00. The van der Waals surface area contributed by atoms with E-state index in [0.29, 0.717) is 24.9 Å². The van der Waals surface area contributed by atoms with E-state index >= 15 is 0 Å². The van der Waals surface area contributed by atoms with Crippen molar-refractivity contribution in [3.8, 4) is 0 Å². The van der Waals surface area contributed by atoms with Gasteiger partial charge >= 0.3 is 5.97 Å². The molecule has 1 fully saturated rings. The van der Waals surface area contributed by atoms with Gasteiger partial charge in [0.1, 0.15) is 0 Å². The highest BCUT2D eigenvalue weighted by Crippen LogP contribution is 2.28. The number of carbonyl (C=O) groups is 1. The van der Waals surface area contributed by atoms with E-state index < -0.39 is 0 Å². The van der Waals surface area contributed by atoms with Crippen LogP contribution >= 0.6 is 0 Å². The third-order valence-electron chi connectivity index (χ3n) is 2.49. The van der Waals surface area contributed by atoms with Crippen molar-refractivity contribution in [2.75, 3.05) is 6.61 Å². The largest absolute Gasteiger partial charge is 0.465 e. The summed E-state index contributed by atoms with van der Waals surface area (Å²) in [5.74, 6) is 0.761. The monoisotopic (exact) mass is 180 g/mol. The van der Waals surface area contributed by atoms with E-state index in [1.165, 1.54) is 0 Å². The molecule has 0 saturated carbocycles. The minimum atomic E-state index is -0.0767. The molecule has 0 aromatic rings. The molecule has 0 spiro atoms. The molecule has 1 heterocycles. The molecule has 0 aliphatic carbocycles. The number of esters is 1. The molecule has 0 aromatic carbocycles. The van der Waals surface area contributed by atoms with Gasteiger partial charge < -0.3 is 4.74 Å². The number of hydrogen-bond donors (Lipinski definition) is 0. The van der Waals surface area contributed by atoms with Gasteiger partial charge in [0.2, 0.25) is 0 Å². The summed E-state index contributed by atoms with van der Waals surface area (Å²) in [4.78, 5) is 11.0. The zero-order valence-corrected chi connectivity index (χ0v) is 7.87. The van der Waals surface area contributed by atoms with Crippen molar-refractivity contribution in [1.29, 1.82) is 0 Å². The van der Waals surface area contributed by atoms with Crippen LogP contribution in [0.25, 0.3) is 0 Å². The predicted molar refractivity (Wildman–Crippen MR) is 52.2 cm³/mol. The predicted octanol–water partition coefficient (Wildman–Crippen LogP) is 2.32. The lowest BCUT2D eigenvalue weighted by Crippen LogP contribution is -2.30. The number of cyclic esters (lactones) is 1. The maximum absolute atomic E-state index is 11.0. The van der Waals surface area contributed by atoms with Gasteiger partial charge in [0.25, 0.3) is 0 Å². The van der Waals surface area contributed by atoms with Gasteiger partial charge in [-0.15, -0.1) is 13.2 Å². The summed E-state index contributed by atoms with van der Waals surface area (Å²) in [6.07, 6.45) is 6.11. The maximum Gasteiger partial charge on any atom is 0.306 e. The first-order valence-corrected chi connectivity index (χ1v) is 4.65. The maximum atomic E-state index is 11.0. The molecular weight excluding hydrogens is 164 g/mol. The van der Waals surface area contributed by atoms with Gasteiger partial charge in [-0.1, -0.05) is 12.2 Å². The van der Waals surface area contributed by atoms with Crippen molar-refractivity contribution < 1.29 is 9.53 Å². The van der Waals surface area contributed by atoms with Crippen molar-refractivity contribution in [2.45, 2.75) is 19.3 Å². The Labute approximate surface area is 79.3 Å². The smallest absolute Gasteiger partial charge is 0.306 e. The van der Waals surface area contributed by atoms with Crippen LogP contribution in [0.3, 0.4) is 0 Å². The quantitative estimate of drug-likeness (QED) is 0.490. The van der Waals surface area contributed by atoms with Crippen molar-refractivity contribution in [3.63, 3.8) is 0 Å². The van der Waals surface area contributed by atoms with Crippen molar-refractivity contribution in [3.05, 3.63) is 25.3 Å². The van der Waals surface area contributed by atoms with E-state index in [1.54, 1.807) is 0 Å².